The Morgan fingerprint density at radius 1 is 1.44 bits per heavy atom. The predicted octanol–water partition coefficient (Wildman–Crippen LogP) is 3.06. The van der Waals surface area contributed by atoms with Gasteiger partial charge in [0.05, 0.1) is 0 Å². The molecule has 2 nitrogen and oxygen atoms in total. The second-order valence-electron chi connectivity index (χ2n) is 5.02. The van der Waals surface area contributed by atoms with Gasteiger partial charge >= 0.3 is 0 Å². The molecule has 1 atom stereocenters. The first kappa shape index (κ1) is 11.6. The van der Waals surface area contributed by atoms with Gasteiger partial charge in [-0.2, -0.15) is 0 Å². The minimum atomic E-state index is 0.641. The first-order valence-electron chi connectivity index (χ1n) is 6.40. The van der Waals surface area contributed by atoms with Crippen molar-refractivity contribution >= 4 is 0 Å². The largest absolute Gasteiger partial charge is 0.310 e. The fourth-order valence-electron chi connectivity index (χ4n) is 2.58. The summed E-state index contributed by atoms with van der Waals surface area (Å²) in [5.41, 5.74) is 2.66. The highest BCUT2D eigenvalue weighted by Crippen LogP contribution is 2.27. The van der Waals surface area contributed by atoms with Crippen molar-refractivity contribution in [1.29, 1.82) is 0 Å². The zero-order valence-electron chi connectivity index (χ0n) is 10.4. The molecule has 0 unspecified atom stereocenters. The van der Waals surface area contributed by atoms with Crippen LogP contribution in [0.3, 0.4) is 0 Å². The minimum Gasteiger partial charge on any atom is -0.310 e. The summed E-state index contributed by atoms with van der Waals surface area (Å²) in [6.45, 7) is 5.43. The van der Waals surface area contributed by atoms with E-state index in [0.717, 1.165) is 12.5 Å². The zero-order chi connectivity index (χ0) is 11.4. The third-order valence-corrected chi connectivity index (χ3v) is 3.87. The number of nitrogens with zero attached hydrogens (tertiary/aromatic N) is 1. The first-order chi connectivity index (χ1) is 7.77. The summed E-state index contributed by atoms with van der Waals surface area (Å²) >= 11 is 0. The van der Waals surface area contributed by atoms with Crippen LogP contribution in [0.1, 0.15) is 43.7 Å². The van der Waals surface area contributed by atoms with Crippen molar-refractivity contribution in [3.8, 4) is 0 Å². The molecular formula is C14H22N2. The molecule has 1 aliphatic rings. The topological polar surface area (TPSA) is 24.9 Å². The molecule has 16 heavy (non-hydrogen) atoms. The Balaban J connectivity index is 1.84. The Bertz CT molecular complexity index is 329. The molecule has 0 spiro atoms. The van der Waals surface area contributed by atoms with Gasteiger partial charge in [-0.1, -0.05) is 12.8 Å². The van der Waals surface area contributed by atoms with E-state index in [-0.39, 0.29) is 0 Å². The number of aromatic nitrogens is 1. The van der Waals surface area contributed by atoms with Crippen LogP contribution < -0.4 is 5.32 Å². The van der Waals surface area contributed by atoms with Crippen molar-refractivity contribution in [2.45, 2.75) is 52.1 Å². The summed E-state index contributed by atoms with van der Waals surface area (Å²) in [6.07, 6.45) is 9.48. The van der Waals surface area contributed by atoms with Crippen LogP contribution in [0.25, 0.3) is 0 Å². The normalized spacial score (nSPS) is 18.9. The summed E-state index contributed by atoms with van der Waals surface area (Å²) in [5, 5.41) is 3.64. The molecule has 1 aromatic heterocycles. The Labute approximate surface area is 98.5 Å². The fourth-order valence-corrected chi connectivity index (χ4v) is 2.58. The maximum absolute atomic E-state index is 4.18. The van der Waals surface area contributed by atoms with Crippen LogP contribution in [0.5, 0.6) is 0 Å². The van der Waals surface area contributed by atoms with Gasteiger partial charge in [0.25, 0.3) is 0 Å². The molecule has 0 radical (unpaired) electrons. The number of pyridine rings is 1. The lowest BCUT2D eigenvalue weighted by molar-refractivity contribution is 0.380. The van der Waals surface area contributed by atoms with Crippen molar-refractivity contribution in [2.75, 3.05) is 0 Å². The predicted molar refractivity (Wildman–Crippen MR) is 67.2 cm³/mol. The average Bonchev–Trinajstić information content (AvgIpc) is 2.81. The van der Waals surface area contributed by atoms with Gasteiger partial charge in [-0.05, 0) is 49.8 Å². The Morgan fingerprint density at radius 3 is 2.88 bits per heavy atom. The highest BCUT2D eigenvalue weighted by atomic mass is 14.9. The van der Waals surface area contributed by atoms with Crippen LogP contribution >= 0.6 is 0 Å². The molecule has 0 saturated heterocycles. The van der Waals surface area contributed by atoms with Crippen LogP contribution in [0.2, 0.25) is 0 Å². The lowest BCUT2D eigenvalue weighted by atomic mass is 9.99. The Kier molecular flexibility index (Phi) is 3.94. The van der Waals surface area contributed by atoms with Gasteiger partial charge < -0.3 is 5.32 Å². The summed E-state index contributed by atoms with van der Waals surface area (Å²) in [4.78, 5) is 4.18. The first-order valence-corrected chi connectivity index (χ1v) is 6.40. The average molecular weight is 218 g/mol. The van der Waals surface area contributed by atoms with Crippen LogP contribution in [0.4, 0.5) is 0 Å². The molecule has 0 aromatic carbocycles. The second-order valence-corrected chi connectivity index (χ2v) is 5.02. The monoisotopic (exact) mass is 218 g/mol. The third kappa shape index (κ3) is 2.82. The minimum absolute atomic E-state index is 0.641. The molecule has 0 bridgehead atoms. The molecule has 1 aliphatic carbocycles. The molecule has 1 heterocycles. The van der Waals surface area contributed by atoms with Gasteiger partial charge in [-0.3, -0.25) is 4.98 Å². The van der Waals surface area contributed by atoms with E-state index < -0.39 is 0 Å². The standard InChI is InChI=1S/C14H22N2/c1-11-7-8-15-9-14(11)10-16-12(2)13-5-3-4-6-13/h7-9,12-13,16H,3-6,10H2,1-2H3/t12-/m0/s1. The highest BCUT2D eigenvalue weighted by molar-refractivity contribution is 5.21. The number of nitrogens with one attached hydrogen (secondary N) is 1. The van der Waals surface area contributed by atoms with E-state index in [4.69, 9.17) is 0 Å². The summed E-state index contributed by atoms with van der Waals surface area (Å²) < 4.78 is 0. The van der Waals surface area contributed by atoms with Gasteiger partial charge in [0.15, 0.2) is 0 Å². The van der Waals surface area contributed by atoms with Crippen molar-refractivity contribution in [1.82, 2.24) is 10.3 Å². The van der Waals surface area contributed by atoms with Gasteiger partial charge in [0, 0.05) is 25.0 Å². The van der Waals surface area contributed by atoms with E-state index in [9.17, 15) is 0 Å². The molecule has 2 rings (SSSR count). The number of aryl methyl sites for hydroxylation is 1. The van der Waals surface area contributed by atoms with E-state index in [2.05, 4.69) is 30.2 Å². The van der Waals surface area contributed by atoms with E-state index >= 15 is 0 Å². The molecule has 1 fully saturated rings. The SMILES string of the molecule is Cc1ccncc1CN[C@@H](C)C1CCCC1. The zero-order valence-corrected chi connectivity index (χ0v) is 10.4. The van der Waals surface area contributed by atoms with Crippen molar-refractivity contribution < 1.29 is 0 Å². The molecule has 1 N–H and O–H groups in total. The summed E-state index contributed by atoms with van der Waals surface area (Å²) in [6, 6.07) is 2.72. The van der Waals surface area contributed by atoms with Gasteiger partial charge in [-0.25, -0.2) is 0 Å². The van der Waals surface area contributed by atoms with Crippen LogP contribution in [0.15, 0.2) is 18.5 Å². The maximum atomic E-state index is 4.18. The van der Waals surface area contributed by atoms with E-state index in [0.29, 0.717) is 6.04 Å². The Hall–Kier alpha value is -0.890. The third-order valence-electron chi connectivity index (χ3n) is 3.87. The fraction of sp³-hybridized carbons (Fsp3) is 0.643. The van der Waals surface area contributed by atoms with Crippen molar-refractivity contribution in [3.63, 3.8) is 0 Å². The maximum Gasteiger partial charge on any atom is 0.0315 e. The lowest BCUT2D eigenvalue weighted by Crippen LogP contribution is -2.31. The van der Waals surface area contributed by atoms with Gasteiger partial charge in [0.1, 0.15) is 0 Å². The molecular weight excluding hydrogens is 196 g/mol. The van der Waals surface area contributed by atoms with E-state index in [1.807, 2.05) is 12.4 Å². The molecule has 0 amide bonds. The van der Waals surface area contributed by atoms with Gasteiger partial charge in [0.2, 0.25) is 0 Å². The molecule has 2 heteroatoms. The quantitative estimate of drug-likeness (QED) is 0.840. The van der Waals surface area contributed by atoms with E-state index in [1.54, 1.807) is 0 Å². The van der Waals surface area contributed by atoms with Crippen molar-refractivity contribution in [3.05, 3.63) is 29.6 Å². The summed E-state index contributed by atoms with van der Waals surface area (Å²) in [5.74, 6) is 0.886. The Morgan fingerprint density at radius 2 is 2.19 bits per heavy atom. The highest BCUT2D eigenvalue weighted by Gasteiger charge is 2.20. The molecule has 88 valence electrons. The van der Waals surface area contributed by atoms with Crippen LogP contribution in [0, 0.1) is 12.8 Å². The molecule has 1 aromatic rings. The second kappa shape index (κ2) is 5.44. The smallest absolute Gasteiger partial charge is 0.0315 e. The van der Waals surface area contributed by atoms with Gasteiger partial charge in [-0.15, -0.1) is 0 Å². The van der Waals surface area contributed by atoms with Crippen molar-refractivity contribution in [2.24, 2.45) is 5.92 Å². The van der Waals surface area contributed by atoms with Crippen LogP contribution in [-0.4, -0.2) is 11.0 Å². The lowest BCUT2D eigenvalue weighted by Gasteiger charge is -2.20. The molecule has 1 saturated carbocycles. The van der Waals surface area contributed by atoms with Crippen LogP contribution in [-0.2, 0) is 6.54 Å². The van der Waals surface area contributed by atoms with E-state index in [1.165, 1.54) is 36.8 Å². The summed E-state index contributed by atoms with van der Waals surface area (Å²) in [7, 11) is 0. The molecule has 0 aliphatic heterocycles. The number of hydrogen-bond acceptors (Lipinski definition) is 2. The number of rotatable bonds is 4. The number of hydrogen-bond donors (Lipinski definition) is 1.